The number of rotatable bonds is 1. The van der Waals surface area contributed by atoms with Crippen LogP contribution in [-0.2, 0) is 0 Å². The summed E-state index contributed by atoms with van der Waals surface area (Å²) in [5.74, 6) is 0.542. The summed E-state index contributed by atoms with van der Waals surface area (Å²) in [5, 5.41) is 8.23. The maximum Gasteiger partial charge on any atom is 0.175 e. The maximum absolute atomic E-state index is 6.04. The van der Waals surface area contributed by atoms with Crippen LogP contribution < -0.4 is 10.6 Å². The highest BCUT2D eigenvalue weighted by Gasteiger charge is 2.25. The highest BCUT2D eigenvalue weighted by Crippen LogP contribution is 2.28. The smallest absolute Gasteiger partial charge is 0.175 e. The third-order valence-corrected chi connectivity index (χ3v) is 3.51. The predicted molar refractivity (Wildman–Crippen MR) is 66.0 cm³/mol. The summed E-state index contributed by atoms with van der Waals surface area (Å²) in [6, 6.07) is 1.90. The van der Waals surface area contributed by atoms with Gasteiger partial charge in [-0.1, -0.05) is 30.1 Å². The molecule has 2 heterocycles. The number of hydrogen-bond donors (Lipinski definition) is 1. The van der Waals surface area contributed by atoms with Crippen molar-refractivity contribution in [2.24, 2.45) is 11.7 Å². The summed E-state index contributed by atoms with van der Waals surface area (Å²) in [7, 11) is 0. The summed E-state index contributed by atoms with van der Waals surface area (Å²) < 4.78 is 0. The van der Waals surface area contributed by atoms with Gasteiger partial charge in [0.25, 0.3) is 0 Å². The number of anilines is 1. The van der Waals surface area contributed by atoms with E-state index < -0.39 is 0 Å². The maximum atomic E-state index is 6.04. The zero-order valence-electron chi connectivity index (χ0n) is 9.03. The molecule has 1 aliphatic heterocycles. The molecule has 1 aromatic rings. The molecule has 0 aromatic carbocycles. The van der Waals surface area contributed by atoms with E-state index in [2.05, 4.69) is 22.0 Å². The Hall–Kier alpha value is -0.580. The second kappa shape index (κ2) is 4.73. The molecule has 0 radical (unpaired) electrons. The fourth-order valence-corrected chi connectivity index (χ4v) is 2.24. The summed E-state index contributed by atoms with van der Waals surface area (Å²) in [6.07, 6.45) is 1.05. The Balaban J connectivity index is 2.21. The van der Waals surface area contributed by atoms with Crippen LogP contribution in [0.4, 0.5) is 5.69 Å². The van der Waals surface area contributed by atoms with Gasteiger partial charge in [0, 0.05) is 25.2 Å². The lowest BCUT2D eigenvalue weighted by molar-refractivity contribution is 0.379. The number of aromatic nitrogens is 2. The van der Waals surface area contributed by atoms with E-state index in [0.29, 0.717) is 16.2 Å². The second-order valence-electron chi connectivity index (χ2n) is 4.22. The standard InChI is InChI=1S/C10H14Cl2N4/c1-6-2-3-16(5-7(6)13)8-4-9(11)14-15-10(8)12/h4,6-7H,2-3,5,13H2,1H3. The zero-order chi connectivity index (χ0) is 11.7. The Morgan fingerprint density at radius 1 is 1.44 bits per heavy atom. The quantitative estimate of drug-likeness (QED) is 0.839. The lowest BCUT2D eigenvalue weighted by atomic mass is 9.94. The molecule has 88 valence electrons. The van der Waals surface area contributed by atoms with E-state index in [0.717, 1.165) is 25.2 Å². The van der Waals surface area contributed by atoms with Crippen molar-refractivity contribution in [3.05, 3.63) is 16.4 Å². The molecule has 1 saturated heterocycles. The SMILES string of the molecule is CC1CCN(c2cc(Cl)nnc2Cl)CC1N. The van der Waals surface area contributed by atoms with Crippen LogP contribution in [0.25, 0.3) is 0 Å². The molecule has 2 unspecified atom stereocenters. The molecule has 0 spiro atoms. The van der Waals surface area contributed by atoms with Crippen molar-refractivity contribution in [3.8, 4) is 0 Å². The number of halogens is 2. The molecule has 1 aliphatic rings. The monoisotopic (exact) mass is 260 g/mol. The first kappa shape index (κ1) is 11.9. The summed E-state index contributed by atoms with van der Waals surface area (Å²) in [4.78, 5) is 2.12. The van der Waals surface area contributed by atoms with Gasteiger partial charge in [0.15, 0.2) is 10.3 Å². The molecule has 1 fully saturated rings. The Kier molecular flexibility index (Phi) is 3.52. The molecular weight excluding hydrogens is 247 g/mol. The van der Waals surface area contributed by atoms with Crippen LogP contribution in [0.3, 0.4) is 0 Å². The number of hydrogen-bond acceptors (Lipinski definition) is 4. The molecule has 2 N–H and O–H groups in total. The predicted octanol–water partition coefficient (Wildman–Crippen LogP) is 1.96. The minimum absolute atomic E-state index is 0.164. The van der Waals surface area contributed by atoms with Crippen LogP contribution in [-0.4, -0.2) is 29.3 Å². The molecule has 1 aromatic heterocycles. The van der Waals surface area contributed by atoms with Crippen LogP contribution in [0.1, 0.15) is 13.3 Å². The first-order valence-corrected chi connectivity index (χ1v) is 6.03. The van der Waals surface area contributed by atoms with Gasteiger partial charge in [-0.15, -0.1) is 10.2 Å². The van der Waals surface area contributed by atoms with Gasteiger partial charge in [-0.2, -0.15) is 0 Å². The first-order valence-electron chi connectivity index (χ1n) is 5.27. The van der Waals surface area contributed by atoms with Gasteiger partial charge in [-0.25, -0.2) is 0 Å². The van der Waals surface area contributed by atoms with Crippen molar-refractivity contribution in [2.75, 3.05) is 18.0 Å². The van der Waals surface area contributed by atoms with Crippen molar-refractivity contribution in [1.82, 2.24) is 10.2 Å². The minimum Gasteiger partial charge on any atom is -0.367 e. The molecule has 16 heavy (non-hydrogen) atoms. The van der Waals surface area contributed by atoms with E-state index in [4.69, 9.17) is 28.9 Å². The molecule has 2 atom stereocenters. The normalized spacial score (nSPS) is 25.9. The first-order chi connectivity index (χ1) is 7.58. The highest BCUT2D eigenvalue weighted by atomic mass is 35.5. The van der Waals surface area contributed by atoms with Crippen molar-refractivity contribution in [2.45, 2.75) is 19.4 Å². The van der Waals surface area contributed by atoms with Crippen molar-refractivity contribution >= 4 is 28.9 Å². The van der Waals surface area contributed by atoms with Gasteiger partial charge in [0.2, 0.25) is 0 Å². The number of piperidine rings is 1. The zero-order valence-corrected chi connectivity index (χ0v) is 10.5. The molecule has 0 aliphatic carbocycles. The number of nitrogens with zero attached hydrogens (tertiary/aromatic N) is 3. The topological polar surface area (TPSA) is 55.0 Å². The van der Waals surface area contributed by atoms with Gasteiger partial charge in [-0.3, -0.25) is 0 Å². The van der Waals surface area contributed by atoms with Gasteiger partial charge < -0.3 is 10.6 Å². The Bertz CT molecular complexity index is 385. The van der Waals surface area contributed by atoms with E-state index >= 15 is 0 Å². The third kappa shape index (κ3) is 2.39. The van der Waals surface area contributed by atoms with E-state index in [9.17, 15) is 0 Å². The molecule has 0 saturated carbocycles. The summed E-state index contributed by atoms with van der Waals surface area (Å²) in [6.45, 7) is 3.88. The summed E-state index contributed by atoms with van der Waals surface area (Å²) in [5.41, 5.74) is 6.86. The van der Waals surface area contributed by atoms with Gasteiger partial charge in [-0.05, 0) is 12.3 Å². The Morgan fingerprint density at radius 2 is 2.19 bits per heavy atom. The highest BCUT2D eigenvalue weighted by molar-refractivity contribution is 6.33. The molecule has 4 nitrogen and oxygen atoms in total. The van der Waals surface area contributed by atoms with Crippen molar-refractivity contribution in [3.63, 3.8) is 0 Å². The average Bonchev–Trinajstić information content (AvgIpc) is 2.26. The minimum atomic E-state index is 0.164. The lowest BCUT2D eigenvalue weighted by Crippen LogP contribution is -2.47. The number of nitrogens with two attached hydrogens (primary N) is 1. The van der Waals surface area contributed by atoms with Crippen LogP contribution in [0.15, 0.2) is 6.07 Å². The van der Waals surface area contributed by atoms with E-state index in [1.165, 1.54) is 0 Å². The van der Waals surface area contributed by atoms with Gasteiger partial charge >= 0.3 is 0 Å². The van der Waals surface area contributed by atoms with E-state index in [-0.39, 0.29) is 6.04 Å². The van der Waals surface area contributed by atoms with E-state index in [1.54, 1.807) is 6.07 Å². The lowest BCUT2D eigenvalue weighted by Gasteiger charge is -2.36. The molecule has 0 bridgehead atoms. The molecule has 0 amide bonds. The third-order valence-electron chi connectivity index (χ3n) is 3.06. The largest absolute Gasteiger partial charge is 0.367 e. The van der Waals surface area contributed by atoms with E-state index in [1.807, 2.05) is 0 Å². The Morgan fingerprint density at radius 3 is 2.88 bits per heavy atom. The van der Waals surface area contributed by atoms with Crippen LogP contribution in [0.2, 0.25) is 10.3 Å². The second-order valence-corrected chi connectivity index (χ2v) is 4.96. The molecular formula is C10H14Cl2N4. The van der Waals surface area contributed by atoms with Gasteiger partial charge in [0.1, 0.15) is 0 Å². The summed E-state index contributed by atoms with van der Waals surface area (Å²) >= 11 is 11.8. The van der Waals surface area contributed by atoms with Crippen LogP contribution in [0, 0.1) is 5.92 Å². The van der Waals surface area contributed by atoms with Crippen LogP contribution >= 0.6 is 23.2 Å². The van der Waals surface area contributed by atoms with Crippen molar-refractivity contribution < 1.29 is 0 Å². The molecule has 2 rings (SSSR count). The molecule has 6 heteroatoms. The Labute approximate surface area is 105 Å². The fraction of sp³-hybridized carbons (Fsp3) is 0.600. The van der Waals surface area contributed by atoms with Gasteiger partial charge in [0.05, 0.1) is 5.69 Å². The van der Waals surface area contributed by atoms with Crippen molar-refractivity contribution in [1.29, 1.82) is 0 Å². The average molecular weight is 261 g/mol. The van der Waals surface area contributed by atoms with Crippen LogP contribution in [0.5, 0.6) is 0 Å². The fourth-order valence-electron chi connectivity index (χ4n) is 1.88.